The van der Waals surface area contributed by atoms with Crippen LogP contribution in [0.1, 0.15) is 52.8 Å². The average molecular weight is 295 g/mol. The molecule has 0 amide bonds. The Morgan fingerprint density at radius 1 is 1.38 bits per heavy atom. The van der Waals surface area contributed by atoms with E-state index < -0.39 is 5.54 Å². The van der Waals surface area contributed by atoms with Gasteiger partial charge in [-0.05, 0) is 39.7 Å². The van der Waals surface area contributed by atoms with E-state index in [4.69, 9.17) is 4.74 Å². The average Bonchev–Trinajstić information content (AvgIpc) is 2.91. The number of esters is 1. The first-order valence-electron chi connectivity index (χ1n) is 7.99. The Hall–Kier alpha value is -1.36. The summed E-state index contributed by atoms with van der Waals surface area (Å²) < 4.78 is 7.37. The summed E-state index contributed by atoms with van der Waals surface area (Å²) in [4.78, 5) is 16.4. The summed E-state index contributed by atoms with van der Waals surface area (Å²) >= 11 is 0. The third-order valence-electron chi connectivity index (χ3n) is 3.74. The number of likely N-dealkylation sites (N-methyl/N-ethyl adjacent to an activating group) is 1. The molecule has 1 rings (SSSR count). The first-order chi connectivity index (χ1) is 10.1. The van der Waals surface area contributed by atoms with Gasteiger partial charge in [0.2, 0.25) is 0 Å². The number of carbonyl (C=O) groups is 1. The van der Waals surface area contributed by atoms with Crippen molar-refractivity contribution < 1.29 is 9.53 Å². The highest BCUT2D eigenvalue weighted by atomic mass is 16.5. The molecule has 0 bridgehead atoms. The van der Waals surface area contributed by atoms with Gasteiger partial charge in [0, 0.05) is 25.4 Å². The lowest BCUT2D eigenvalue weighted by Gasteiger charge is -2.28. The van der Waals surface area contributed by atoms with Crippen LogP contribution in [-0.2, 0) is 22.5 Å². The van der Waals surface area contributed by atoms with Crippen LogP contribution in [0.3, 0.4) is 0 Å². The van der Waals surface area contributed by atoms with Gasteiger partial charge in [0.25, 0.3) is 0 Å². The Labute approximate surface area is 128 Å². The normalized spacial score (nSPS) is 13.9. The molecule has 120 valence electrons. The Balaban J connectivity index is 2.45. The van der Waals surface area contributed by atoms with Gasteiger partial charge in [0.05, 0.1) is 6.61 Å². The molecule has 21 heavy (non-hydrogen) atoms. The lowest BCUT2D eigenvalue weighted by atomic mass is 9.94. The van der Waals surface area contributed by atoms with Crippen molar-refractivity contribution in [2.24, 2.45) is 0 Å². The van der Waals surface area contributed by atoms with Crippen LogP contribution in [0.5, 0.6) is 0 Å². The molecular weight excluding hydrogens is 266 g/mol. The zero-order valence-corrected chi connectivity index (χ0v) is 13.8. The number of nitrogens with zero attached hydrogens (tertiary/aromatic N) is 2. The van der Waals surface area contributed by atoms with Crippen molar-refractivity contribution in [3.63, 3.8) is 0 Å². The number of rotatable bonds is 10. The van der Waals surface area contributed by atoms with Crippen LogP contribution in [0.2, 0.25) is 0 Å². The minimum Gasteiger partial charge on any atom is -0.465 e. The van der Waals surface area contributed by atoms with Crippen molar-refractivity contribution in [2.45, 2.75) is 65.5 Å². The fraction of sp³-hybridized carbons (Fsp3) is 0.750. The van der Waals surface area contributed by atoms with E-state index in [0.717, 1.165) is 44.6 Å². The summed E-state index contributed by atoms with van der Waals surface area (Å²) in [5.74, 6) is 0.971. The number of imidazole rings is 1. The second-order valence-electron chi connectivity index (χ2n) is 5.43. The van der Waals surface area contributed by atoms with Crippen molar-refractivity contribution in [2.75, 3.05) is 13.2 Å². The lowest BCUT2D eigenvalue weighted by Crippen LogP contribution is -2.50. The highest BCUT2D eigenvalue weighted by Gasteiger charge is 2.32. The number of unbranched alkanes of at least 4 members (excludes halogenated alkanes) is 1. The van der Waals surface area contributed by atoms with Gasteiger partial charge in [-0.2, -0.15) is 0 Å². The number of hydrogen-bond donors (Lipinski definition) is 1. The lowest BCUT2D eigenvalue weighted by molar-refractivity contribution is -0.150. The standard InChI is InChI=1S/C16H29N3O2/c1-5-14-17-11-13-19(14)12-9-8-10-16(4,18-6-2)15(20)21-7-3/h11,13,18H,5-10,12H2,1-4H3. The van der Waals surface area contributed by atoms with Gasteiger partial charge in [-0.1, -0.05) is 13.8 Å². The maximum absolute atomic E-state index is 12.1. The van der Waals surface area contributed by atoms with Crippen LogP contribution >= 0.6 is 0 Å². The molecule has 0 spiro atoms. The van der Waals surface area contributed by atoms with Gasteiger partial charge in [0.1, 0.15) is 11.4 Å². The third kappa shape index (κ3) is 5.16. The van der Waals surface area contributed by atoms with Crippen LogP contribution in [0, 0.1) is 0 Å². The molecule has 1 N–H and O–H groups in total. The summed E-state index contributed by atoms with van der Waals surface area (Å²) in [5.41, 5.74) is -0.576. The number of aryl methyl sites for hydroxylation is 2. The first kappa shape index (κ1) is 17.7. The summed E-state index contributed by atoms with van der Waals surface area (Å²) in [6.45, 7) is 10.0. The van der Waals surface area contributed by atoms with E-state index >= 15 is 0 Å². The fourth-order valence-corrected chi connectivity index (χ4v) is 2.56. The van der Waals surface area contributed by atoms with Crippen molar-refractivity contribution in [1.82, 2.24) is 14.9 Å². The van der Waals surface area contributed by atoms with E-state index in [1.54, 1.807) is 0 Å². The maximum atomic E-state index is 12.1. The van der Waals surface area contributed by atoms with E-state index in [0.29, 0.717) is 6.61 Å². The van der Waals surface area contributed by atoms with Crippen molar-refractivity contribution in [3.05, 3.63) is 18.2 Å². The Morgan fingerprint density at radius 3 is 2.76 bits per heavy atom. The zero-order valence-electron chi connectivity index (χ0n) is 13.8. The quantitative estimate of drug-likeness (QED) is 0.532. The van der Waals surface area contributed by atoms with Crippen LogP contribution in [-0.4, -0.2) is 34.2 Å². The summed E-state index contributed by atoms with van der Waals surface area (Å²) in [6, 6.07) is 0. The van der Waals surface area contributed by atoms with Crippen molar-refractivity contribution in [3.8, 4) is 0 Å². The van der Waals surface area contributed by atoms with Gasteiger partial charge < -0.3 is 14.6 Å². The number of ether oxygens (including phenoxy) is 1. The fourth-order valence-electron chi connectivity index (χ4n) is 2.56. The Morgan fingerprint density at radius 2 is 2.14 bits per heavy atom. The van der Waals surface area contributed by atoms with Gasteiger partial charge >= 0.3 is 5.97 Å². The van der Waals surface area contributed by atoms with E-state index in [1.165, 1.54) is 0 Å². The number of carbonyl (C=O) groups excluding carboxylic acids is 1. The van der Waals surface area contributed by atoms with Crippen LogP contribution in [0.25, 0.3) is 0 Å². The number of hydrogen-bond acceptors (Lipinski definition) is 4. The number of aromatic nitrogens is 2. The zero-order chi connectivity index (χ0) is 15.7. The Bertz CT molecular complexity index is 431. The van der Waals surface area contributed by atoms with Crippen LogP contribution < -0.4 is 5.32 Å². The molecule has 0 aromatic carbocycles. The van der Waals surface area contributed by atoms with Crippen LogP contribution in [0.4, 0.5) is 0 Å². The van der Waals surface area contributed by atoms with E-state index in [2.05, 4.69) is 21.8 Å². The molecule has 5 nitrogen and oxygen atoms in total. The smallest absolute Gasteiger partial charge is 0.326 e. The maximum Gasteiger partial charge on any atom is 0.326 e. The van der Waals surface area contributed by atoms with Crippen molar-refractivity contribution in [1.29, 1.82) is 0 Å². The minimum absolute atomic E-state index is 0.149. The molecule has 5 heteroatoms. The molecule has 0 saturated heterocycles. The third-order valence-corrected chi connectivity index (χ3v) is 3.74. The molecule has 1 aromatic heterocycles. The predicted molar refractivity (Wildman–Crippen MR) is 84.2 cm³/mol. The van der Waals surface area contributed by atoms with Gasteiger partial charge in [0.15, 0.2) is 0 Å². The predicted octanol–water partition coefficient (Wildman–Crippen LogP) is 2.55. The highest BCUT2D eigenvalue weighted by Crippen LogP contribution is 2.17. The molecule has 0 aliphatic heterocycles. The topological polar surface area (TPSA) is 56.2 Å². The Kier molecular flexibility index (Phi) is 7.43. The monoisotopic (exact) mass is 295 g/mol. The largest absolute Gasteiger partial charge is 0.465 e. The minimum atomic E-state index is -0.576. The van der Waals surface area contributed by atoms with Gasteiger partial charge in [-0.25, -0.2) is 4.98 Å². The molecule has 1 heterocycles. The molecule has 0 saturated carbocycles. The molecule has 1 unspecified atom stereocenters. The van der Waals surface area contributed by atoms with E-state index in [1.807, 2.05) is 33.2 Å². The molecule has 0 aliphatic rings. The van der Waals surface area contributed by atoms with E-state index in [-0.39, 0.29) is 5.97 Å². The molecular formula is C16H29N3O2. The summed E-state index contributed by atoms with van der Waals surface area (Å²) in [5, 5.41) is 3.27. The second kappa shape index (κ2) is 8.82. The highest BCUT2D eigenvalue weighted by molar-refractivity contribution is 5.80. The SMILES string of the molecule is CCNC(C)(CCCCn1ccnc1CC)C(=O)OCC. The molecule has 0 fully saturated rings. The molecule has 0 radical (unpaired) electrons. The molecule has 0 aliphatic carbocycles. The van der Waals surface area contributed by atoms with Crippen LogP contribution in [0.15, 0.2) is 12.4 Å². The van der Waals surface area contributed by atoms with Gasteiger partial charge in [-0.15, -0.1) is 0 Å². The van der Waals surface area contributed by atoms with E-state index in [9.17, 15) is 4.79 Å². The molecule has 1 atom stereocenters. The summed E-state index contributed by atoms with van der Waals surface area (Å²) in [7, 11) is 0. The van der Waals surface area contributed by atoms with Gasteiger partial charge in [-0.3, -0.25) is 4.79 Å². The number of nitrogens with one attached hydrogen (secondary N) is 1. The second-order valence-corrected chi connectivity index (χ2v) is 5.43. The van der Waals surface area contributed by atoms with Crippen molar-refractivity contribution >= 4 is 5.97 Å². The summed E-state index contributed by atoms with van der Waals surface area (Å²) in [6.07, 6.45) is 7.61. The molecule has 1 aromatic rings. The first-order valence-corrected chi connectivity index (χ1v) is 7.99.